The lowest BCUT2D eigenvalue weighted by molar-refractivity contribution is 0.386. The molecule has 196 valence electrons. The summed E-state index contributed by atoms with van der Waals surface area (Å²) < 4.78 is 48.3. The lowest BCUT2D eigenvalue weighted by atomic mass is 9.92. The zero-order chi connectivity index (χ0) is 26.9. The second-order valence-corrected chi connectivity index (χ2v) is 12.0. The molecule has 2 aromatic heterocycles. The van der Waals surface area contributed by atoms with Gasteiger partial charge in [0.05, 0.1) is 22.0 Å². The second kappa shape index (κ2) is 10.6. The molecule has 1 aliphatic carbocycles. The topological polar surface area (TPSA) is 117 Å². The Morgan fingerprint density at radius 3 is 2.34 bits per heavy atom. The number of nitrogens with one attached hydrogen (secondary N) is 2. The van der Waals surface area contributed by atoms with Crippen molar-refractivity contribution < 1.29 is 17.5 Å². The highest BCUT2D eigenvalue weighted by atomic mass is 32.2. The first-order chi connectivity index (χ1) is 18.2. The Bertz CT molecular complexity index is 1600. The minimum atomic E-state index is -3.71. The van der Waals surface area contributed by atoms with Crippen molar-refractivity contribution in [2.75, 3.05) is 5.32 Å². The molecule has 2 heterocycles. The van der Waals surface area contributed by atoms with E-state index in [1.54, 1.807) is 12.1 Å². The molecule has 5 rings (SSSR count). The number of thiophene rings is 1. The van der Waals surface area contributed by atoms with Crippen molar-refractivity contribution in [1.29, 1.82) is 5.26 Å². The van der Waals surface area contributed by atoms with Crippen molar-refractivity contribution in [2.45, 2.75) is 56.5 Å². The van der Waals surface area contributed by atoms with E-state index in [2.05, 4.69) is 26.1 Å². The third kappa shape index (κ3) is 5.62. The van der Waals surface area contributed by atoms with E-state index in [9.17, 15) is 18.1 Å². The molecule has 0 aliphatic heterocycles. The van der Waals surface area contributed by atoms with E-state index in [1.807, 2.05) is 25.3 Å². The first-order valence-corrected chi connectivity index (χ1v) is 14.6. The number of aromatic nitrogens is 2. The predicted octanol–water partition coefficient (Wildman–Crippen LogP) is 5.81. The molecule has 0 spiro atoms. The lowest BCUT2D eigenvalue weighted by Crippen LogP contribution is -2.40. The first kappa shape index (κ1) is 26.0. The Morgan fingerprint density at radius 1 is 1.03 bits per heavy atom. The Hall–Kier alpha value is -3.59. The Kier molecular flexibility index (Phi) is 7.29. The minimum absolute atomic E-state index is 0.0527. The van der Waals surface area contributed by atoms with Gasteiger partial charge in [0.25, 0.3) is 0 Å². The fourth-order valence-corrected chi connectivity index (χ4v) is 6.74. The van der Waals surface area contributed by atoms with Gasteiger partial charge in [-0.05, 0) is 98.5 Å². The highest BCUT2D eigenvalue weighted by Crippen LogP contribution is 2.36. The number of fused-ring (bicyclic) bond motifs is 1. The third-order valence-electron chi connectivity index (χ3n) is 6.57. The van der Waals surface area contributed by atoms with Crippen molar-refractivity contribution in [1.82, 2.24) is 14.7 Å². The standard InChI is InChI=1S/C27H26FN5O3S2/c1-16-13-18(15-29)14-17(2)24(16)36-26-25-23(11-12-37-25)31-27(32-26)30-20-5-7-21(8-6-20)33-38(34,35)22-9-3-19(28)4-10-22/h3-4,9-14,20-21,33H,5-8H2,1-2H3,(H,30,31,32). The van der Waals surface area contributed by atoms with Crippen molar-refractivity contribution in [3.63, 3.8) is 0 Å². The fourth-order valence-electron chi connectivity index (χ4n) is 4.68. The summed E-state index contributed by atoms with van der Waals surface area (Å²) in [6, 6.07) is 12.3. The normalized spacial score (nSPS) is 17.7. The quantitative estimate of drug-likeness (QED) is 0.298. The van der Waals surface area contributed by atoms with Gasteiger partial charge in [0.15, 0.2) is 0 Å². The Morgan fingerprint density at radius 2 is 1.68 bits per heavy atom. The molecule has 2 N–H and O–H groups in total. The van der Waals surface area contributed by atoms with E-state index < -0.39 is 15.8 Å². The van der Waals surface area contributed by atoms with Gasteiger partial charge in [0.2, 0.25) is 21.9 Å². The summed E-state index contributed by atoms with van der Waals surface area (Å²) in [4.78, 5) is 9.38. The van der Waals surface area contributed by atoms with Gasteiger partial charge in [-0.15, -0.1) is 11.3 Å². The molecule has 0 amide bonds. The number of halogens is 1. The number of benzene rings is 2. The van der Waals surface area contributed by atoms with Crippen molar-refractivity contribution in [3.8, 4) is 17.7 Å². The Balaban J connectivity index is 1.27. The van der Waals surface area contributed by atoms with Crippen LogP contribution in [0.5, 0.6) is 11.6 Å². The number of anilines is 1. The summed E-state index contributed by atoms with van der Waals surface area (Å²) in [7, 11) is -3.71. The van der Waals surface area contributed by atoms with Crippen LogP contribution in [0, 0.1) is 31.0 Å². The minimum Gasteiger partial charge on any atom is -0.437 e. The van der Waals surface area contributed by atoms with Crippen LogP contribution in [0.15, 0.2) is 52.7 Å². The second-order valence-electron chi connectivity index (χ2n) is 9.41. The zero-order valence-electron chi connectivity index (χ0n) is 20.9. The number of aryl methyl sites for hydroxylation is 2. The number of hydrogen-bond donors (Lipinski definition) is 2. The smallest absolute Gasteiger partial charge is 0.242 e. The maximum Gasteiger partial charge on any atom is 0.242 e. The average Bonchev–Trinajstić information content (AvgIpc) is 3.36. The number of nitrogens with zero attached hydrogens (tertiary/aromatic N) is 3. The molecule has 11 heteroatoms. The molecule has 0 saturated heterocycles. The molecule has 1 aliphatic rings. The van der Waals surface area contributed by atoms with Crippen LogP contribution in [0.4, 0.5) is 10.3 Å². The van der Waals surface area contributed by atoms with Crippen molar-refractivity contribution >= 4 is 37.5 Å². The van der Waals surface area contributed by atoms with Crippen LogP contribution in [-0.4, -0.2) is 30.5 Å². The van der Waals surface area contributed by atoms with Crippen LogP contribution >= 0.6 is 11.3 Å². The van der Waals surface area contributed by atoms with Gasteiger partial charge < -0.3 is 10.1 Å². The maximum absolute atomic E-state index is 13.2. The summed E-state index contributed by atoms with van der Waals surface area (Å²) in [5.74, 6) is 1.08. The largest absolute Gasteiger partial charge is 0.437 e. The first-order valence-electron chi connectivity index (χ1n) is 12.2. The zero-order valence-corrected chi connectivity index (χ0v) is 22.5. The Labute approximate surface area is 224 Å². The van der Waals surface area contributed by atoms with Gasteiger partial charge in [0.1, 0.15) is 16.3 Å². The maximum atomic E-state index is 13.2. The van der Waals surface area contributed by atoms with E-state index in [0.29, 0.717) is 36.0 Å². The van der Waals surface area contributed by atoms with Crippen LogP contribution in [0.25, 0.3) is 10.2 Å². The predicted molar refractivity (Wildman–Crippen MR) is 145 cm³/mol. The van der Waals surface area contributed by atoms with Crippen LogP contribution in [0.2, 0.25) is 0 Å². The summed E-state index contributed by atoms with van der Waals surface area (Å²) in [5.41, 5.74) is 3.04. The number of sulfonamides is 1. The SMILES string of the molecule is Cc1cc(C#N)cc(C)c1Oc1nc(NC2CCC(NS(=O)(=O)c3ccc(F)cc3)CC2)nc2ccsc12. The van der Waals surface area contributed by atoms with E-state index in [-0.39, 0.29) is 17.0 Å². The van der Waals surface area contributed by atoms with Crippen LogP contribution in [-0.2, 0) is 10.0 Å². The van der Waals surface area contributed by atoms with Gasteiger partial charge in [-0.3, -0.25) is 0 Å². The van der Waals surface area contributed by atoms with Crippen molar-refractivity contribution in [3.05, 3.63) is 70.4 Å². The number of rotatable bonds is 7. The molecule has 1 saturated carbocycles. The van der Waals surface area contributed by atoms with Gasteiger partial charge in [-0.1, -0.05) is 0 Å². The van der Waals surface area contributed by atoms with Gasteiger partial charge in [0, 0.05) is 12.1 Å². The van der Waals surface area contributed by atoms with Crippen molar-refractivity contribution in [2.24, 2.45) is 0 Å². The van der Waals surface area contributed by atoms with Gasteiger partial charge in [-0.2, -0.15) is 10.2 Å². The number of hydrogen-bond acceptors (Lipinski definition) is 8. The molecule has 0 atom stereocenters. The molecule has 2 aromatic carbocycles. The van der Waals surface area contributed by atoms with E-state index in [0.717, 1.165) is 46.3 Å². The molecule has 4 aromatic rings. The molecular formula is C27H26FN5O3S2. The van der Waals surface area contributed by atoms with Crippen LogP contribution in [0.3, 0.4) is 0 Å². The molecule has 8 nitrogen and oxygen atoms in total. The fraction of sp³-hybridized carbons (Fsp3) is 0.296. The van der Waals surface area contributed by atoms with Gasteiger partial charge >= 0.3 is 0 Å². The summed E-state index contributed by atoms with van der Waals surface area (Å²) >= 11 is 1.50. The van der Waals surface area contributed by atoms with Crippen LogP contribution < -0.4 is 14.8 Å². The highest BCUT2D eigenvalue weighted by Gasteiger charge is 2.26. The molecule has 0 radical (unpaired) electrons. The lowest BCUT2D eigenvalue weighted by Gasteiger charge is -2.29. The molecule has 0 bridgehead atoms. The molecule has 38 heavy (non-hydrogen) atoms. The van der Waals surface area contributed by atoms with E-state index in [4.69, 9.17) is 4.74 Å². The molecule has 0 unspecified atom stereocenters. The highest BCUT2D eigenvalue weighted by molar-refractivity contribution is 7.89. The van der Waals surface area contributed by atoms with E-state index in [1.165, 1.54) is 23.5 Å². The average molecular weight is 552 g/mol. The molecule has 1 fully saturated rings. The van der Waals surface area contributed by atoms with E-state index >= 15 is 0 Å². The van der Waals surface area contributed by atoms with Crippen LogP contribution in [0.1, 0.15) is 42.4 Å². The summed E-state index contributed by atoms with van der Waals surface area (Å²) in [5, 5.41) is 14.6. The number of nitriles is 1. The van der Waals surface area contributed by atoms with Gasteiger partial charge in [-0.25, -0.2) is 22.5 Å². The summed E-state index contributed by atoms with van der Waals surface area (Å²) in [6.45, 7) is 3.80. The third-order valence-corrected chi connectivity index (χ3v) is 8.99. The molecular weight excluding hydrogens is 525 g/mol. The summed E-state index contributed by atoms with van der Waals surface area (Å²) in [6.07, 6.45) is 2.74. The number of ether oxygens (including phenoxy) is 1. The monoisotopic (exact) mass is 551 g/mol.